The summed E-state index contributed by atoms with van der Waals surface area (Å²) in [5.74, 6) is -0.477. The van der Waals surface area contributed by atoms with Gasteiger partial charge in [-0.3, -0.25) is 9.59 Å². The topological polar surface area (TPSA) is 114 Å². The van der Waals surface area contributed by atoms with E-state index in [1.54, 1.807) is 7.05 Å². The normalized spacial score (nSPS) is 17.0. The van der Waals surface area contributed by atoms with Crippen LogP contribution in [0.5, 0.6) is 0 Å². The van der Waals surface area contributed by atoms with E-state index in [1.165, 1.54) is 21.1 Å². The molecule has 0 radical (unpaired) electrons. The zero-order chi connectivity index (χ0) is 18.8. The summed E-state index contributed by atoms with van der Waals surface area (Å²) in [5, 5.41) is 2.90. The van der Waals surface area contributed by atoms with Crippen LogP contribution in [0.3, 0.4) is 0 Å². The quantitative estimate of drug-likeness (QED) is 0.749. The monoisotopic (exact) mass is 370 g/mol. The van der Waals surface area contributed by atoms with E-state index in [9.17, 15) is 18.0 Å². The van der Waals surface area contributed by atoms with Crippen molar-refractivity contribution in [2.24, 2.45) is 24.6 Å². The van der Waals surface area contributed by atoms with Gasteiger partial charge in [-0.2, -0.15) is 4.31 Å². The molecule has 1 aliphatic rings. The first-order valence-corrected chi connectivity index (χ1v) is 9.81. The highest BCUT2D eigenvalue weighted by atomic mass is 32.2. The van der Waals surface area contributed by atoms with Crippen molar-refractivity contribution in [3.8, 4) is 0 Å². The van der Waals surface area contributed by atoms with E-state index in [4.69, 9.17) is 5.73 Å². The van der Waals surface area contributed by atoms with Crippen LogP contribution in [0.2, 0.25) is 0 Å². The summed E-state index contributed by atoms with van der Waals surface area (Å²) in [5.41, 5.74) is 5.38. The zero-order valence-corrected chi connectivity index (χ0v) is 15.7. The Balaban J connectivity index is 2.03. The van der Waals surface area contributed by atoms with Crippen LogP contribution in [-0.4, -0.2) is 48.7 Å². The Morgan fingerprint density at radius 1 is 1.32 bits per heavy atom. The number of piperidine rings is 1. The van der Waals surface area contributed by atoms with Gasteiger partial charge in [-0.1, -0.05) is 13.8 Å². The Morgan fingerprint density at radius 2 is 1.92 bits per heavy atom. The predicted molar refractivity (Wildman–Crippen MR) is 93.3 cm³/mol. The summed E-state index contributed by atoms with van der Waals surface area (Å²) in [7, 11) is -2.13. The highest BCUT2D eigenvalue weighted by Crippen LogP contribution is 2.25. The number of rotatable bonds is 6. The summed E-state index contributed by atoms with van der Waals surface area (Å²) in [4.78, 5) is 23.5. The number of aryl methyl sites for hydroxylation is 1. The van der Waals surface area contributed by atoms with Gasteiger partial charge in [-0.25, -0.2) is 8.42 Å². The van der Waals surface area contributed by atoms with Gasteiger partial charge in [0.15, 0.2) is 0 Å². The number of nitrogens with one attached hydrogen (secondary N) is 1. The zero-order valence-electron chi connectivity index (χ0n) is 14.9. The second kappa shape index (κ2) is 7.57. The summed E-state index contributed by atoms with van der Waals surface area (Å²) in [6.07, 6.45) is 2.36. The molecular formula is C16H26N4O4S. The van der Waals surface area contributed by atoms with Crippen LogP contribution >= 0.6 is 0 Å². The number of carbonyl (C=O) groups excluding carboxylic acids is 2. The van der Waals surface area contributed by atoms with E-state index in [0.29, 0.717) is 25.3 Å². The molecule has 0 spiro atoms. The molecule has 8 nitrogen and oxygen atoms in total. The molecule has 0 saturated carbocycles. The number of nitrogens with two attached hydrogens (primary N) is 1. The molecule has 140 valence electrons. The molecule has 2 heterocycles. The van der Waals surface area contributed by atoms with Gasteiger partial charge in [-0.15, -0.1) is 0 Å². The third-order valence-electron chi connectivity index (χ3n) is 4.38. The molecule has 1 aliphatic heterocycles. The van der Waals surface area contributed by atoms with Gasteiger partial charge in [0.1, 0.15) is 10.6 Å². The molecule has 3 N–H and O–H groups in total. The van der Waals surface area contributed by atoms with Crippen LogP contribution < -0.4 is 11.1 Å². The van der Waals surface area contributed by atoms with Crippen molar-refractivity contribution in [1.29, 1.82) is 0 Å². The molecule has 0 aliphatic carbocycles. The summed E-state index contributed by atoms with van der Waals surface area (Å²) in [6, 6.07) is 1.29. The lowest BCUT2D eigenvalue weighted by molar-refractivity contribution is -0.126. The first-order chi connectivity index (χ1) is 11.6. The first kappa shape index (κ1) is 19.5. The van der Waals surface area contributed by atoms with E-state index < -0.39 is 15.9 Å². The second-order valence-electron chi connectivity index (χ2n) is 6.85. The Labute approximate surface area is 148 Å². The Hall–Kier alpha value is -1.87. The minimum atomic E-state index is -3.70. The highest BCUT2D eigenvalue weighted by Gasteiger charge is 2.33. The third-order valence-corrected chi connectivity index (χ3v) is 6.24. The van der Waals surface area contributed by atoms with E-state index in [0.717, 1.165) is 0 Å². The molecule has 0 atom stereocenters. The standard InChI is InChI=1S/C16H26N4O4S/c1-11(2)9-18-16(22)12-4-6-20(7-5-12)25(23,24)13-8-14(15(17)21)19(3)10-13/h8,10-12H,4-7,9H2,1-3H3,(H2,17,21)(H,18,22). The summed E-state index contributed by atoms with van der Waals surface area (Å²) in [6.45, 7) is 5.23. The second-order valence-corrected chi connectivity index (χ2v) is 8.79. The number of carbonyl (C=O) groups is 2. The van der Waals surface area contributed by atoms with Crippen LogP contribution in [-0.2, 0) is 21.9 Å². The van der Waals surface area contributed by atoms with E-state index in [-0.39, 0.29) is 35.5 Å². The summed E-state index contributed by atoms with van der Waals surface area (Å²) < 4.78 is 28.2. The molecule has 0 unspecified atom stereocenters. The van der Waals surface area contributed by atoms with Crippen LogP contribution in [0.4, 0.5) is 0 Å². The molecule has 1 fully saturated rings. The van der Waals surface area contributed by atoms with Gasteiger partial charge in [-0.05, 0) is 24.8 Å². The molecule has 0 bridgehead atoms. The van der Waals surface area contributed by atoms with Crippen LogP contribution in [0, 0.1) is 11.8 Å². The number of aromatic nitrogens is 1. The highest BCUT2D eigenvalue weighted by molar-refractivity contribution is 7.89. The van der Waals surface area contributed by atoms with Crippen LogP contribution in [0.1, 0.15) is 37.2 Å². The van der Waals surface area contributed by atoms with Gasteiger partial charge in [0.2, 0.25) is 15.9 Å². The molecule has 0 aromatic carbocycles. The SMILES string of the molecule is CC(C)CNC(=O)C1CCN(S(=O)(=O)c2cc(C(N)=O)n(C)c2)CC1. The van der Waals surface area contributed by atoms with Crippen molar-refractivity contribution in [3.05, 3.63) is 18.0 Å². The van der Waals surface area contributed by atoms with Crippen LogP contribution in [0.25, 0.3) is 0 Å². The number of hydrogen-bond acceptors (Lipinski definition) is 4. The van der Waals surface area contributed by atoms with Crippen molar-refractivity contribution in [1.82, 2.24) is 14.2 Å². The maximum absolute atomic E-state index is 12.7. The van der Waals surface area contributed by atoms with E-state index in [1.807, 2.05) is 13.8 Å². The van der Waals surface area contributed by atoms with Gasteiger partial charge < -0.3 is 15.6 Å². The maximum atomic E-state index is 12.7. The molecule has 1 aromatic heterocycles. The number of amides is 2. The number of hydrogen-bond donors (Lipinski definition) is 2. The molecular weight excluding hydrogens is 344 g/mol. The lowest BCUT2D eigenvalue weighted by Crippen LogP contribution is -2.43. The van der Waals surface area contributed by atoms with Crippen molar-refractivity contribution in [2.75, 3.05) is 19.6 Å². The lowest BCUT2D eigenvalue weighted by Gasteiger charge is -2.30. The van der Waals surface area contributed by atoms with Crippen molar-refractivity contribution < 1.29 is 18.0 Å². The van der Waals surface area contributed by atoms with E-state index >= 15 is 0 Å². The lowest BCUT2D eigenvalue weighted by atomic mass is 9.97. The average Bonchev–Trinajstić information content (AvgIpc) is 2.95. The Kier molecular flexibility index (Phi) is 5.89. The van der Waals surface area contributed by atoms with E-state index in [2.05, 4.69) is 5.32 Å². The largest absolute Gasteiger partial charge is 0.364 e. The smallest absolute Gasteiger partial charge is 0.265 e. The minimum absolute atomic E-state index is 0.0125. The Morgan fingerprint density at radius 3 is 2.40 bits per heavy atom. The van der Waals surface area contributed by atoms with Gasteiger partial charge in [0.25, 0.3) is 5.91 Å². The van der Waals surface area contributed by atoms with Gasteiger partial charge >= 0.3 is 0 Å². The molecule has 1 saturated heterocycles. The average molecular weight is 370 g/mol. The first-order valence-electron chi connectivity index (χ1n) is 8.37. The van der Waals surface area contributed by atoms with Gasteiger partial charge in [0.05, 0.1) is 0 Å². The number of primary amides is 1. The number of sulfonamides is 1. The van der Waals surface area contributed by atoms with Gasteiger partial charge in [0, 0.05) is 38.8 Å². The van der Waals surface area contributed by atoms with Crippen LogP contribution in [0.15, 0.2) is 17.2 Å². The Bertz CT molecular complexity index is 746. The third kappa shape index (κ3) is 4.40. The predicted octanol–water partition coefficient (Wildman–Crippen LogP) is 0.297. The summed E-state index contributed by atoms with van der Waals surface area (Å²) >= 11 is 0. The van der Waals surface area contributed by atoms with Crippen molar-refractivity contribution >= 4 is 21.8 Å². The van der Waals surface area contributed by atoms with Crippen molar-refractivity contribution in [2.45, 2.75) is 31.6 Å². The van der Waals surface area contributed by atoms with Crippen molar-refractivity contribution in [3.63, 3.8) is 0 Å². The molecule has 9 heteroatoms. The molecule has 2 amide bonds. The molecule has 1 aromatic rings. The molecule has 25 heavy (non-hydrogen) atoms. The fraction of sp³-hybridized carbons (Fsp3) is 0.625. The molecule has 2 rings (SSSR count). The minimum Gasteiger partial charge on any atom is -0.364 e. The fourth-order valence-corrected chi connectivity index (χ4v) is 4.42. The maximum Gasteiger partial charge on any atom is 0.265 e. The number of nitrogens with zero attached hydrogens (tertiary/aromatic N) is 2. The fourth-order valence-electron chi connectivity index (χ4n) is 2.88.